The van der Waals surface area contributed by atoms with Crippen LogP contribution in [0.15, 0.2) is 41.3 Å². The molecule has 0 aliphatic carbocycles. The summed E-state index contributed by atoms with van der Waals surface area (Å²) >= 11 is 11.7. The van der Waals surface area contributed by atoms with Crippen molar-refractivity contribution in [3.63, 3.8) is 0 Å². The lowest BCUT2D eigenvalue weighted by molar-refractivity contribution is 0.0696. The van der Waals surface area contributed by atoms with Crippen molar-refractivity contribution in [1.82, 2.24) is 0 Å². The van der Waals surface area contributed by atoms with Gasteiger partial charge < -0.3 is 5.11 Å². The van der Waals surface area contributed by atoms with Crippen LogP contribution in [0.4, 0.5) is 5.69 Å². The number of nitrogens with one attached hydrogen (secondary N) is 1. The third-order valence-corrected chi connectivity index (χ3v) is 4.84. The van der Waals surface area contributed by atoms with E-state index in [9.17, 15) is 13.2 Å². The fourth-order valence-electron chi connectivity index (χ4n) is 1.77. The Hall–Kier alpha value is -1.76. The zero-order valence-corrected chi connectivity index (χ0v) is 13.6. The minimum Gasteiger partial charge on any atom is -0.478 e. The summed E-state index contributed by atoms with van der Waals surface area (Å²) in [6.45, 7) is 1.59. The van der Waals surface area contributed by atoms with Gasteiger partial charge in [0.15, 0.2) is 0 Å². The van der Waals surface area contributed by atoms with Gasteiger partial charge in [0.25, 0.3) is 10.0 Å². The molecule has 0 saturated heterocycles. The highest BCUT2D eigenvalue weighted by Crippen LogP contribution is 2.28. The normalized spacial score (nSPS) is 11.2. The first-order chi connectivity index (χ1) is 10.2. The summed E-state index contributed by atoms with van der Waals surface area (Å²) < 4.78 is 27.0. The number of hydrogen-bond acceptors (Lipinski definition) is 3. The number of aromatic carboxylic acids is 1. The number of carbonyl (C=O) groups is 1. The van der Waals surface area contributed by atoms with E-state index in [0.29, 0.717) is 10.6 Å². The minimum absolute atomic E-state index is 0.0786. The first-order valence-corrected chi connectivity index (χ1v) is 8.26. The summed E-state index contributed by atoms with van der Waals surface area (Å²) in [4.78, 5) is 10.9. The van der Waals surface area contributed by atoms with Crippen molar-refractivity contribution >= 4 is 44.9 Å². The van der Waals surface area contributed by atoms with Crippen LogP contribution in [-0.2, 0) is 10.0 Å². The summed E-state index contributed by atoms with van der Waals surface area (Å²) in [7, 11) is -3.96. The van der Waals surface area contributed by atoms with Crippen LogP contribution in [0.1, 0.15) is 15.9 Å². The van der Waals surface area contributed by atoms with Crippen LogP contribution in [0.2, 0.25) is 10.0 Å². The smallest absolute Gasteiger partial charge is 0.335 e. The van der Waals surface area contributed by atoms with Crippen molar-refractivity contribution in [2.75, 3.05) is 4.72 Å². The van der Waals surface area contributed by atoms with Crippen LogP contribution < -0.4 is 4.72 Å². The molecule has 2 N–H and O–H groups in total. The second kappa shape index (κ2) is 6.16. The molecule has 0 aliphatic rings. The number of carboxylic acids is 1. The SMILES string of the molecule is Cc1ccc(S(=O)(=O)Nc2ccc(Cl)cc2Cl)cc1C(=O)O. The number of carboxylic acid groups (broad SMARTS) is 1. The third kappa shape index (κ3) is 3.52. The molecule has 2 aromatic carbocycles. The van der Waals surface area contributed by atoms with Gasteiger partial charge in [-0.1, -0.05) is 29.3 Å². The van der Waals surface area contributed by atoms with Crippen LogP contribution in [0.25, 0.3) is 0 Å². The van der Waals surface area contributed by atoms with Gasteiger partial charge in [-0.2, -0.15) is 0 Å². The summed E-state index contributed by atoms with van der Waals surface area (Å²) in [5, 5.41) is 9.58. The van der Waals surface area contributed by atoms with E-state index in [0.717, 1.165) is 6.07 Å². The molecule has 116 valence electrons. The highest BCUT2D eigenvalue weighted by molar-refractivity contribution is 7.92. The van der Waals surface area contributed by atoms with Gasteiger partial charge in [-0.25, -0.2) is 13.2 Å². The Morgan fingerprint density at radius 3 is 2.41 bits per heavy atom. The molecule has 5 nitrogen and oxygen atoms in total. The molecule has 0 heterocycles. The standard InChI is InChI=1S/C14H11Cl2NO4S/c1-8-2-4-10(7-11(8)14(18)19)22(20,21)17-13-5-3-9(15)6-12(13)16/h2-7,17H,1H3,(H,18,19). The van der Waals surface area contributed by atoms with E-state index in [2.05, 4.69) is 4.72 Å². The van der Waals surface area contributed by atoms with Gasteiger partial charge in [-0.3, -0.25) is 4.72 Å². The molecule has 22 heavy (non-hydrogen) atoms. The highest BCUT2D eigenvalue weighted by atomic mass is 35.5. The Labute approximate surface area is 137 Å². The fourth-order valence-corrected chi connectivity index (χ4v) is 3.39. The van der Waals surface area contributed by atoms with Gasteiger partial charge in [-0.15, -0.1) is 0 Å². The highest BCUT2D eigenvalue weighted by Gasteiger charge is 2.19. The lowest BCUT2D eigenvalue weighted by Gasteiger charge is -2.11. The second-order valence-corrected chi connectivity index (χ2v) is 7.04. The Morgan fingerprint density at radius 2 is 1.82 bits per heavy atom. The van der Waals surface area contributed by atoms with Gasteiger partial charge in [0.2, 0.25) is 0 Å². The third-order valence-electron chi connectivity index (χ3n) is 2.93. The molecule has 0 saturated carbocycles. The summed E-state index contributed by atoms with van der Waals surface area (Å²) in [5.74, 6) is -1.20. The molecule has 0 unspecified atom stereocenters. The number of rotatable bonds is 4. The lowest BCUT2D eigenvalue weighted by Crippen LogP contribution is -2.14. The van der Waals surface area contributed by atoms with E-state index in [1.807, 2.05) is 0 Å². The molecule has 0 bridgehead atoms. The predicted molar refractivity (Wildman–Crippen MR) is 85.4 cm³/mol. The monoisotopic (exact) mass is 359 g/mol. The topological polar surface area (TPSA) is 83.5 Å². The summed E-state index contributed by atoms with van der Waals surface area (Å²) in [6.07, 6.45) is 0. The molecule has 0 aliphatic heterocycles. The minimum atomic E-state index is -3.96. The number of anilines is 1. The second-order valence-electron chi connectivity index (χ2n) is 4.51. The van der Waals surface area contributed by atoms with Crippen molar-refractivity contribution in [3.8, 4) is 0 Å². The van der Waals surface area contributed by atoms with Crippen LogP contribution in [0.5, 0.6) is 0 Å². The average Bonchev–Trinajstić information content (AvgIpc) is 2.42. The van der Waals surface area contributed by atoms with E-state index in [1.54, 1.807) is 6.92 Å². The van der Waals surface area contributed by atoms with E-state index in [1.165, 1.54) is 30.3 Å². The van der Waals surface area contributed by atoms with E-state index >= 15 is 0 Å². The fraction of sp³-hybridized carbons (Fsp3) is 0.0714. The molecule has 0 amide bonds. The molecular formula is C14H11Cl2NO4S. The molecule has 0 radical (unpaired) electrons. The molecule has 0 atom stereocenters. The van der Waals surface area contributed by atoms with Gasteiger partial charge in [0.1, 0.15) is 0 Å². The van der Waals surface area contributed by atoms with Crippen molar-refractivity contribution in [2.24, 2.45) is 0 Å². The molecule has 0 fully saturated rings. The van der Waals surface area contributed by atoms with E-state index in [4.69, 9.17) is 28.3 Å². The van der Waals surface area contributed by atoms with Crippen molar-refractivity contribution in [2.45, 2.75) is 11.8 Å². The van der Waals surface area contributed by atoms with E-state index < -0.39 is 16.0 Å². The number of hydrogen-bond donors (Lipinski definition) is 2. The van der Waals surface area contributed by atoms with Crippen LogP contribution in [0.3, 0.4) is 0 Å². The Morgan fingerprint density at radius 1 is 1.14 bits per heavy atom. The Bertz CT molecular complexity index is 850. The van der Waals surface area contributed by atoms with Gasteiger partial charge in [0, 0.05) is 5.02 Å². The molecule has 8 heteroatoms. The summed E-state index contributed by atoms with van der Waals surface area (Å²) in [6, 6.07) is 8.18. The molecule has 0 spiro atoms. The zero-order chi connectivity index (χ0) is 16.5. The largest absolute Gasteiger partial charge is 0.478 e. The lowest BCUT2D eigenvalue weighted by atomic mass is 10.1. The first kappa shape index (κ1) is 16.6. The number of sulfonamides is 1. The number of halogens is 2. The van der Waals surface area contributed by atoms with Gasteiger partial charge in [-0.05, 0) is 42.8 Å². The first-order valence-electron chi connectivity index (χ1n) is 6.02. The van der Waals surface area contributed by atoms with Gasteiger partial charge in [0.05, 0.1) is 21.2 Å². The van der Waals surface area contributed by atoms with Crippen molar-refractivity contribution < 1.29 is 18.3 Å². The molecule has 2 aromatic rings. The van der Waals surface area contributed by atoms with Crippen LogP contribution >= 0.6 is 23.2 Å². The van der Waals surface area contributed by atoms with Crippen LogP contribution in [0, 0.1) is 6.92 Å². The average molecular weight is 360 g/mol. The van der Waals surface area contributed by atoms with Gasteiger partial charge >= 0.3 is 5.97 Å². The maximum absolute atomic E-state index is 12.3. The summed E-state index contributed by atoms with van der Waals surface area (Å²) in [5.41, 5.74) is 0.546. The quantitative estimate of drug-likeness (QED) is 0.869. The maximum Gasteiger partial charge on any atom is 0.335 e. The Kier molecular flexibility index (Phi) is 4.65. The Balaban J connectivity index is 2.42. The van der Waals surface area contributed by atoms with E-state index in [-0.39, 0.29) is 21.2 Å². The molecule has 0 aromatic heterocycles. The molecular weight excluding hydrogens is 349 g/mol. The maximum atomic E-state index is 12.3. The molecule has 2 rings (SSSR count). The van der Waals surface area contributed by atoms with Crippen molar-refractivity contribution in [3.05, 3.63) is 57.6 Å². The number of aryl methyl sites for hydroxylation is 1. The van der Waals surface area contributed by atoms with Crippen LogP contribution in [-0.4, -0.2) is 19.5 Å². The number of benzene rings is 2. The van der Waals surface area contributed by atoms with Crippen molar-refractivity contribution in [1.29, 1.82) is 0 Å². The zero-order valence-electron chi connectivity index (χ0n) is 11.3. The predicted octanol–water partition coefficient (Wildman–Crippen LogP) is 3.80.